The van der Waals surface area contributed by atoms with Crippen molar-refractivity contribution >= 4 is 11.8 Å². The van der Waals surface area contributed by atoms with Crippen molar-refractivity contribution in [1.29, 1.82) is 0 Å². The van der Waals surface area contributed by atoms with Crippen molar-refractivity contribution in [1.82, 2.24) is 4.84 Å². The first-order valence-electron chi connectivity index (χ1n) is 3.40. The van der Waals surface area contributed by atoms with E-state index in [1.54, 1.807) is 0 Å². The summed E-state index contributed by atoms with van der Waals surface area (Å²) in [5.41, 5.74) is 0.991. The molecule has 1 unspecified atom stereocenters. The quantitative estimate of drug-likeness (QED) is 0.675. The molecule has 0 aliphatic carbocycles. The van der Waals surface area contributed by atoms with Gasteiger partial charge in [-0.15, -0.1) is 0 Å². The highest BCUT2D eigenvalue weighted by Gasteiger charge is 2.05. The summed E-state index contributed by atoms with van der Waals surface area (Å²) >= 11 is 5.39. The molecule has 60 valence electrons. The topological polar surface area (TPSA) is 32.3 Å². The number of aliphatic hydroxyl groups excluding tert-OH is 1. The fourth-order valence-electron chi connectivity index (χ4n) is 0.888. The smallest absolute Gasteiger partial charge is 0.0701 e. The van der Waals surface area contributed by atoms with Gasteiger partial charge in [0.1, 0.15) is 0 Å². The number of hydrogen-bond donors (Lipinski definition) is 2. The first kappa shape index (κ1) is 8.53. The Kier molecular flexibility index (Phi) is 3.36. The van der Waals surface area contributed by atoms with Gasteiger partial charge in [0, 0.05) is 0 Å². The largest absolute Gasteiger partial charge is 0.394 e. The SMILES string of the molecule is OCC(NCl)c1ccccc1. The lowest BCUT2D eigenvalue weighted by Gasteiger charge is -2.10. The second kappa shape index (κ2) is 4.34. The second-order valence-electron chi connectivity index (χ2n) is 2.25. The Morgan fingerprint density at radius 2 is 2.00 bits per heavy atom. The summed E-state index contributed by atoms with van der Waals surface area (Å²) in [6, 6.07) is 9.40. The number of benzene rings is 1. The van der Waals surface area contributed by atoms with Crippen LogP contribution < -0.4 is 4.84 Å². The first-order valence-corrected chi connectivity index (χ1v) is 3.78. The van der Waals surface area contributed by atoms with Gasteiger partial charge in [-0.25, -0.2) is 4.84 Å². The van der Waals surface area contributed by atoms with Gasteiger partial charge in [0.2, 0.25) is 0 Å². The molecule has 0 aromatic heterocycles. The van der Waals surface area contributed by atoms with Gasteiger partial charge in [-0.05, 0) is 17.3 Å². The normalized spacial score (nSPS) is 12.9. The lowest BCUT2D eigenvalue weighted by Crippen LogP contribution is -2.14. The molecule has 1 rings (SSSR count). The van der Waals surface area contributed by atoms with Crippen LogP contribution in [0.15, 0.2) is 30.3 Å². The maximum absolute atomic E-state index is 8.83. The zero-order valence-corrected chi connectivity index (χ0v) is 6.75. The molecule has 0 heterocycles. The summed E-state index contributed by atoms with van der Waals surface area (Å²) in [6.45, 7) is 0.00745. The van der Waals surface area contributed by atoms with Crippen LogP contribution in [0.4, 0.5) is 0 Å². The predicted molar refractivity (Wildman–Crippen MR) is 45.3 cm³/mol. The van der Waals surface area contributed by atoms with E-state index in [1.165, 1.54) is 0 Å². The Hall–Kier alpha value is -0.570. The van der Waals surface area contributed by atoms with E-state index in [0.29, 0.717) is 0 Å². The molecule has 2 N–H and O–H groups in total. The maximum Gasteiger partial charge on any atom is 0.0701 e. The van der Waals surface area contributed by atoms with Crippen LogP contribution in [0.3, 0.4) is 0 Å². The Labute approximate surface area is 70.9 Å². The van der Waals surface area contributed by atoms with Gasteiger partial charge >= 0.3 is 0 Å². The van der Waals surface area contributed by atoms with Crippen LogP contribution >= 0.6 is 11.8 Å². The zero-order chi connectivity index (χ0) is 8.10. The Morgan fingerprint density at radius 3 is 2.45 bits per heavy atom. The lowest BCUT2D eigenvalue weighted by molar-refractivity contribution is 0.260. The van der Waals surface area contributed by atoms with Gasteiger partial charge in [0.05, 0.1) is 12.6 Å². The molecule has 1 aromatic rings. The van der Waals surface area contributed by atoms with E-state index in [1.807, 2.05) is 30.3 Å². The monoisotopic (exact) mass is 171 g/mol. The fraction of sp³-hybridized carbons (Fsp3) is 0.250. The fourth-order valence-corrected chi connectivity index (χ4v) is 1.08. The molecule has 3 heteroatoms. The molecular formula is C8H10ClNO. The number of hydrogen-bond acceptors (Lipinski definition) is 2. The molecule has 0 aliphatic heterocycles. The Morgan fingerprint density at radius 1 is 1.36 bits per heavy atom. The minimum absolute atomic E-state index is 0.00745. The molecule has 0 radical (unpaired) electrons. The van der Waals surface area contributed by atoms with E-state index in [2.05, 4.69) is 4.84 Å². The molecule has 1 aromatic carbocycles. The number of aliphatic hydroxyl groups is 1. The molecule has 0 amide bonds. The van der Waals surface area contributed by atoms with Gasteiger partial charge in [-0.3, -0.25) is 0 Å². The zero-order valence-electron chi connectivity index (χ0n) is 6.00. The van der Waals surface area contributed by atoms with Crippen LogP contribution in [-0.4, -0.2) is 11.7 Å². The molecule has 11 heavy (non-hydrogen) atoms. The minimum Gasteiger partial charge on any atom is -0.394 e. The molecular weight excluding hydrogens is 162 g/mol. The summed E-state index contributed by atoms with van der Waals surface area (Å²) in [5, 5.41) is 8.83. The minimum atomic E-state index is -0.169. The number of halogens is 1. The highest BCUT2D eigenvalue weighted by molar-refractivity contribution is 6.13. The summed E-state index contributed by atoms with van der Waals surface area (Å²) < 4.78 is 0. The Bertz CT molecular complexity index is 199. The highest BCUT2D eigenvalue weighted by atomic mass is 35.5. The van der Waals surface area contributed by atoms with Crippen molar-refractivity contribution in [3.63, 3.8) is 0 Å². The van der Waals surface area contributed by atoms with Gasteiger partial charge in [0.25, 0.3) is 0 Å². The van der Waals surface area contributed by atoms with E-state index in [-0.39, 0.29) is 12.6 Å². The maximum atomic E-state index is 8.83. The standard InChI is InChI=1S/C8H10ClNO/c9-10-8(6-11)7-4-2-1-3-5-7/h1-5,8,10-11H,6H2. The third kappa shape index (κ3) is 2.19. The molecule has 0 aliphatic rings. The molecule has 0 saturated heterocycles. The van der Waals surface area contributed by atoms with Crippen LogP contribution in [-0.2, 0) is 0 Å². The summed E-state index contributed by atoms with van der Waals surface area (Å²) in [6.07, 6.45) is 0. The van der Waals surface area contributed by atoms with Gasteiger partial charge in [0.15, 0.2) is 0 Å². The third-order valence-electron chi connectivity index (χ3n) is 1.52. The van der Waals surface area contributed by atoms with E-state index >= 15 is 0 Å². The van der Waals surface area contributed by atoms with Gasteiger partial charge in [-0.2, -0.15) is 0 Å². The van der Waals surface area contributed by atoms with Crippen molar-refractivity contribution in [2.24, 2.45) is 0 Å². The average Bonchev–Trinajstić information content (AvgIpc) is 2.09. The molecule has 0 bridgehead atoms. The van der Waals surface area contributed by atoms with E-state index in [0.717, 1.165) is 5.56 Å². The van der Waals surface area contributed by atoms with Crippen molar-refractivity contribution < 1.29 is 5.11 Å². The van der Waals surface area contributed by atoms with Gasteiger partial charge in [-0.1, -0.05) is 30.3 Å². The third-order valence-corrected chi connectivity index (χ3v) is 1.78. The van der Waals surface area contributed by atoms with Crippen LogP contribution in [0.25, 0.3) is 0 Å². The first-order chi connectivity index (χ1) is 5.38. The van der Waals surface area contributed by atoms with Gasteiger partial charge < -0.3 is 5.11 Å². The van der Waals surface area contributed by atoms with Crippen LogP contribution in [0.5, 0.6) is 0 Å². The second-order valence-corrected chi connectivity index (χ2v) is 2.47. The number of rotatable bonds is 3. The molecule has 2 nitrogen and oxygen atoms in total. The average molecular weight is 172 g/mol. The van der Waals surface area contributed by atoms with Crippen molar-refractivity contribution in [3.8, 4) is 0 Å². The van der Waals surface area contributed by atoms with E-state index < -0.39 is 0 Å². The van der Waals surface area contributed by atoms with E-state index in [4.69, 9.17) is 16.9 Å². The predicted octanol–water partition coefficient (Wildman–Crippen LogP) is 1.46. The van der Waals surface area contributed by atoms with Crippen LogP contribution in [0.2, 0.25) is 0 Å². The summed E-state index contributed by atoms with van der Waals surface area (Å²) in [7, 11) is 0. The number of nitrogens with one attached hydrogen (secondary N) is 1. The van der Waals surface area contributed by atoms with Crippen LogP contribution in [0.1, 0.15) is 11.6 Å². The molecule has 0 fully saturated rings. The van der Waals surface area contributed by atoms with Crippen molar-refractivity contribution in [2.45, 2.75) is 6.04 Å². The van der Waals surface area contributed by atoms with Crippen molar-refractivity contribution in [3.05, 3.63) is 35.9 Å². The molecule has 0 spiro atoms. The van der Waals surface area contributed by atoms with E-state index in [9.17, 15) is 0 Å². The lowest BCUT2D eigenvalue weighted by atomic mass is 10.1. The summed E-state index contributed by atoms with van der Waals surface area (Å²) in [5.74, 6) is 0. The van der Waals surface area contributed by atoms with Crippen LogP contribution in [0, 0.1) is 0 Å². The molecule has 0 saturated carbocycles. The summed E-state index contributed by atoms with van der Waals surface area (Å²) in [4.78, 5) is 2.49. The highest BCUT2D eigenvalue weighted by Crippen LogP contribution is 2.11. The van der Waals surface area contributed by atoms with Crippen molar-refractivity contribution in [2.75, 3.05) is 6.61 Å². The molecule has 1 atom stereocenters. The Balaban J connectivity index is 2.74.